The monoisotopic (exact) mass is 316 g/mol. The van der Waals surface area contributed by atoms with E-state index in [0.29, 0.717) is 13.1 Å². The summed E-state index contributed by atoms with van der Waals surface area (Å²) >= 11 is 0. The molecule has 2 N–H and O–H groups in total. The molecule has 0 bridgehead atoms. The van der Waals surface area contributed by atoms with Gasteiger partial charge in [0, 0.05) is 45.4 Å². The molecule has 2 heterocycles. The van der Waals surface area contributed by atoms with Crippen LogP contribution in [-0.4, -0.2) is 59.9 Å². The van der Waals surface area contributed by atoms with Crippen LogP contribution in [0.2, 0.25) is 0 Å². The summed E-state index contributed by atoms with van der Waals surface area (Å²) in [5.41, 5.74) is 6.24. The summed E-state index contributed by atoms with van der Waals surface area (Å²) in [6.07, 6.45) is 3.59. The average Bonchev–Trinajstić information content (AvgIpc) is 2.94. The number of rotatable bonds is 5. The normalized spacial score (nSPS) is 24.6. The number of ether oxygens (including phenoxy) is 1. The lowest BCUT2D eigenvalue weighted by atomic mass is 10.0. The maximum Gasteiger partial charge on any atom is 0.216 e. The van der Waals surface area contributed by atoms with Crippen LogP contribution in [0.5, 0.6) is 0 Å². The first-order valence-electron chi connectivity index (χ1n) is 6.91. The summed E-state index contributed by atoms with van der Waals surface area (Å²) in [7, 11) is -0.00572. The maximum atomic E-state index is 12.5. The van der Waals surface area contributed by atoms with E-state index in [1.807, 2.05) is 17.8 Å². The predicted octanol–water partition coefficient (Wildman–Crippen LogP) is -0.0986. The van der Waals surface area contributed by atoms with Crippen molar-refractivity contribution in [1.29, 1.82) is 0 Å². The van der Waals surface area contributed by atoms with Crippen LogP contribution in [0, 0.1) is 0 Å². The minimum Gasteiger partial charge on any atom is -0.378 e. The third-order valence-corrected chi connectivity index (χ3v) is 6.06. The maximum absolute atomic E-state index is 12.5. The highest BCUT2D eigenvalue weighted by Crippen LogP contribution is 2.28. The first-order valence-corrected chi connectivity index (χ1v) is 8.52. The van der Waals surface area contributed by atoms with E-state index in [9.17, 15) is 8.42 Å². The van der Waals surface area contributed by atoms with Gasteiger partial charge in [0.1, 0.15) is 0 Å². The quantitative estimate of drug-likeness (QED) is 0.819. The molecule has 120 valence electrons. The molecular formula is C13H24N4O3S. The molecular weight excluding hydrogens is 292 g/mol. The van der Waals surface area contributed by atoms with Crippen LogP contribution in [0.4, 0.5) is 0 Å². The zero-order valence-electron chi connectivity index (χ0n) is 13.0. The molecule has 1 saturated heterocycles. The molecule has 0 unspecified atom stereocenters. The summed E-state index contributed by atoms with van der Waals surface area (Å²) in [6, 6.07) is -0.236. The highest BCUT2D eigenvalue weighted by Gasteiger charge is 2.40. The fourth-order valence-corrected chi connectivity index (χ4v) is 4.51. The van der Waals surface area contributed by atoms with Crippen molar-refractivity contribution >= 4 is 10.0 Å². The standard InChI is InChI=1S/C13H24N4O3S/c1-13(2,20-4)8-21(18,19)17-5-10(11(14)6-17)12-7-16(3)9-15-12/h7,9-11H,5-6,8,14H2,1-4H3/t10-,11-/m1/s1. The average molecular weight is 316 g/mol. The first kappa shape index (κ1) is 16.4. The van der Waals surface area contributed by atoms with Gasteiger partial charge in [-0.05, 0) is 13.8 Å². The van der Waals surface area contributed by atoms with E-state index in [1.165, 1.54) is 11.4 Å². The van der Waals surface area contributed by atoms with Crippen LogP contribution in [0.25, 0.3) is 0 Å². The van der Waals surface area contributed by atoms with Crippen molar-refractivity contribution in [2.24, 2.45) is 12.8 Å². The van der Waals surface area contributed by atoms with Crippen molar-refractivity contribution in [1.82, 2.24) is 13.9 Å². The Bertz CT molecular complexity index is 596. The van der Waals surface area contributed by atoms with E-state index < -0.39 is 15.6 Å². The topological polar surface area (TPSA) is 90.5 Å². The second kappa shape index (κ2) is 5.68. The Morgan fingerprint density at radius 3 is 2.67 bits per heavy atom. The molecule has 2 atom stereocenters. The van der Waals surface area contributed by atoms with Crippen molar-refractivity contribution in [3.63, 3.8) is 0 Å². The van der Waals surface area contributed by atoms with Gasteiger partial charge in [0.15, 0.2) is 0 Å². The summed E-state index contributed by atoms with van der Waals surface area (Å²) < 4.78 is 33.5. The lowest BCUT2D eigenvalue weighted by molar-refractivity contribution is 0.0417. The predicted molar refractivity (Wildman–Crippen MR) is 80.4 cm³/mol. The van der Waals surface area contributed by atoms with Gasteiger partial charge < -0.3 is 15.0 Å². The zero-order chi connectivity index (χ0) is 15.8. The van der Waals surface area contributed by atoms with Gasteiger partial charge in [-0.3, -0.25) is 0 Å². The van der Waals surface area contributed by atoms with E-state index in [2.05, 4.69) is 4.98 Å². The molecule has 1 fully saturated rings. The molecule has 7 nitrogen and oxygen atoms in total. The third-order valence-electron chi connectivity index (χ3n) is 3.91. The first-order chi connectivity index (χ1) is 9.64. The molecule has 1 aromatic heterocycles. The lowest BCUT2D eigenvalue weighted by Gasteiger charge is -2.26. The molecule has 0 saturated carbocycles. The minimum atomic E-state index is -3.40. The highest BCUT2D eigenvalue weighted by molar-refractivity contribution is 7.89. The van der Waals surface area contributed by atoms with Crippen LogP contribution in [-0.2, 0) is 21.8 Å². The molecule has 0 aliphatic carbocycles. The van der Waals surface area contributed by atoms with Gasteiger partial charge in [-0.15, -0.1) is 0 Å². The smallest absolute Gasteiger partial charge is 0.216 e. The van der Waals surface area contributed by atoms with Gasteiger partial charge in [0.05, 0.1) is 23.4 Å². The Kier molecular flexibility index (Phi) is 4.44. The van der Waals surface area contributed by atoms with Crippen molar-refractivity contribution in [3.8, 4) is 0 Å². The Balaban J connectivity index is 2.13. The van der Waals surface area contributed by atoms with Crippen molar-refractivity contribution < 1.29 is 13.2 Å². The SMILES string of the molecule is COC(C)(C)CS(=O)(=O)N1C[C@@H](N)[C@H](c2cn(C)cn2)C1. The van der Waals surface area contributed by atoms with Crippen molar-refractivity contribution in [2.45, 2.75) is 31.4 Å². The van der Waals surface area contributed by atoms with Crippen molar-refractivity contribution in [2.75, 3.05) is 26.0 Å². The number of methoxy groups -OCH3 is 1. The number of nitrogens with zero attached hydrogens (tertiary/aromatic N) is 3. The fraction of sp³-hybridized carbons (Fsp3) is 0.769. The molecule has 0 radical (unpaired) electrons. The molecule has 1 aromatic rings. The Morgan fingerprint density at radius 1 is 1.48 bits per heavy atom. The van der Waals surface area contributed by atoms with E-state index in [0.717, 1.165) is 5.69 Å². The summed E-state index contributed by atoms with van der Waals surface area (Å²) in [5, 5.41) is 0. The van der Waals surface area contributed by atoms with Crippen LogP contribution < -0.4 is 5.73 Å². The number of hydrogen-bond acceptors (Lipinski definition) is 5. The molecule has 0 spiro atoms. The van der Waals surface area contributed by atoms with Gasteiger partial charge >= 0.3 is 0 Å². The Morgan fingerprint density at radius 2 is 2.14 bits per heavy atom. The van der Waals surface area contributed by atoms with Crippen LogP contribution in [0.15, 0.2) is 12.5 Å². The lowest BCUT2D eigenvalue weighted by Crippen LogP contribution is -2.41. The van der Waals surface area contributed by atoms with Crippen LogP contribution in [0.1, 0.15) is 25.5 Å². The largest absolute Gasteiger partial charge is 0.378 e. The number of nitrogens with two attached hydrogens (primary N) is 1. The molecule has 2 rings (SSSR count). The summed E-state index contributed by atoms with van der Waals surface area (Å²) in [6.45, 7) is 4.22. The summed E-state index contributed by atoms with van der Waals surface area (Å²) in [4.78, 5) is 4.29. The van der Waals surface area contributed by atoms with Crippen LogP contribution in [0.3, 0.4) is 0 Å². The van der Waals surface area contributed by atoms with E-state index >= 15 is 0 Å². The third kappa shape index (κ3) is 3.63. The Labute approximate surface area is 126 Å². The molecule has 21 heavy (non-hydrogen) atoms. The van der Waals surface area contributed by atoms with Gasteiger partial charge in [-0.2, -0.15) is 4.31 Å². The molecule has 8 heteroatoms. The number of aromatic nitrogens is 2. The highest BCUT2D eigenvalue weighted by atomic mass is 32.2. The van der Waals surface area contributed by atoms with E-state index in [1.54, 1.807) is 20.2 Å². The second-order valence-electron chi connectivity index (χ2n) is 6.27. The second-order valence-corrected chi connectivity index (χ2v) is 8.24. The Hall–Kier alpha value is -0.960. The molecule has 0 amide bonds. The van der Waals surface area contributed by atoms with Gasteiger partial charge in [0.25, 0.3) is 0 Å². The molecule has 1 aliphatic heterocycles. The number of imidazole rings is 1. The zero-order valence-corrected chi connectivity index (χ0v) is 13.8. The molecule has 1 aliphatic rings. The summed E-state index contributed by atoms with van der Waals surface area (Å²) in [5.74, 6) is -0.121. The van der Waals surface area contributed by atoms with E-state index in [4.69, 9.17) is 10.5 Å². The van der Waals surface area contributed by atoms with Gasteiger partial charge in [0.2, 0.25) is 10.0 Å². The fourth-order valence-electron chi connectivity index (χ4n) is 2.55. The van der Waals surface area contributed by atoms with Crippen LogP contribution >= 0.6 is 0 Å². The van der Waals surface area contributed by atoms with Gasteiger partial charge in [-0.25, -0.2) is 13.4 Å². The minimum absolute atomic E-state index is 0.0574. The number of sulfonamides is 1. The van der Waals surface area contributed by atoms with Crippen molar-refractivity contribution in [3.05, 3.63) is 18.2 Å². The number of aryl methyl sites for hydroxylation is 1. The van der Waals surface area contributed by atoms with E-state index in [-0.39, 0.29) is 17.7 Å². The molecule has 0 aromatic carbocycles. The van der Waals surface area contributed by atoms with Gasteiger partial charge in [-0.1, -0.05) is 0 Å². The number of hydrogen-bond donors (Lipinski definition) is 1.